The van der Waals surface area contributed by atoms with Crippen molar-refractivity contribution in [1.29, 1.82) is 0 Å². The maximum Gasteiger partial charge on any atom is 0.341 e. The Hall–Kier alpha value is -2.80. The number of methoxy groups -OCH3 is 1. The van der Waals surface area contributed by atoms with Crippen molar-refractivity contribution < 1.29 is 23.8 Å². The molecule has 0 spiro atoms. The molecule has 2 aromatic rings. The quantitative estimate of drug-likeness (QED) is 0.308. The summed E-state index contributed by atoms with van der Waals surface area (Å²) in [6.07, 6.45) is 8.01. The van der Waals surface area contributed by atoms with E-state index >= 15 is 0 Å². The zero-order valence-electron chi connectivity index (χ0n) is 18.3. The average Bonchev–Trinajstić information content (AvgIpc) is 3.34. The van der Waals surface area contributed by atoms with Gasteiger partial charge in [0.2, 0.25) is 5.91 Å². The number of fused-ring (bicyclic) bond motifs is 1. The number of thiophene rings is 1. The van der Waals surface area contributed by atoms with Crippen LogP contribution in [0.1, 0.15) is 59.5 Å². The molecule has 1 heterocycles. The SMILES string of the molecule is CCCCOc1ccc(/C=C/C(=O)Nc2sc3c(c2C(=O)OC)CCC3)cc1OCC. The normalized spacial score (nSPS) is 12.6. The van der Waals surface area contributed by atoms with Crippen LogP contribution in [0.25, 0.3) is 6.08 Å². The van der Waals surface area contributed by atoms with Crippen LogP contribution in [0.2, 0.25) is 0 Å². The van der Waals surface area contributed by atoms with Crippen LogP contribution in [-0.2, 0) is 22.4 Å². The van der Waals surface area contributed by atoms with Gasteiger partial charge in [0.05, 0.1) is 25.9 Å². The van der Waals surface area contributed by atoms with E-state index in [-0.39, 0.29) is 5.91 Å². The number of amides is 1. The molecule has 0 unspecified atom stereocenters. The molecular formula is C24H29NO5S. The van der Waals surface area contributed by atoms with Crippen molar-refractivity contribution in [2.24, 2.45) is 0 Å². The minimum Gasteiger partial charge on any atom is -0.490 e. The van der Waals surface area contributed by atoms with Crippen molar-refractivity contribution in [3.8, 4) is 11.5 Å². The number of aryl methyl sites for hydroxylation is 1. The number of nitrogens with one attached hydrogen (secondary N) is 1. The summed E-state index contributed by atoms with van der Waals surface area (Å²) in [4.78, 5) is 25.9. The molecule has 6 nitrogen and oxygen atoms in total. The summed E-state index contributed by atoms with van der Waals surface area (Å²) in [5.41, 5.74) is 2.33. The molecule has 1 aromatic heterocycles. The monoisotopic (exact) mass is 443 g/mol. The molecule has 166 valence electrons. The zero-order valence-corrected chi connectivity index (χ0v) is 19.1. The second kappa shape index (κ2) is 11.0. The van der Waals surface area contributed by atoms with Crippen LogP contribution in [0.4, 0.5) is 5.00 Å². The van der Waals surface area contributed by atoms with Gasteiger partial charge >= 0.3 is 5.97 Å². The van der Waals surface area contributed by atoms with Gasteiger partial charge in [0.25, 0.3) is 0 Å². The number of hydrogen-bond acceptors (Lipinski definition) is 6. The van der Waals surface area contributed by atoms with Gasteiger partial charge < -0.3 is 19.5 Å². The third-order valence-electron chi connectivity index (χ3n) is 5.00. The van der Waals surface area contributed by atoms with Crippen LogP contribution in [0, 0.1) is 0 Å². The van der Waals surface area contributed by atoms with Crippen LogP contribution < -0.4 is 14.8 Å². The van der Waals surface area contributed by atoms with Gasteiger partial charge in [-0.3, -0.25) is 4.79 Å². The summed E-state index contributed by atoms with van der Waals surface area (Å²) in [5, 5.41) is 3.40. The number of esters is 1. The Morgan fingerprint density at radius 2 is 2.00 bits per heavy atom. The Labute approximate surface area is 187 Å². The van der Waals surface area contributed by atoms with E-state index in [1.807, 2.05) is 25.1 Å². The number of rotatable bonds is 10. The topological polar surface area (TPSA) is 73.9 Å². The molecule has 1 aromatic carbocycles. The van der Waals surface area contributed by atoms with Gasteiger partial charge in [-0.2, -0.15) is 0 Å². The first-order valence-corrected chi connectivity index (χ1v) is 11.5. The maximum absolute atomic E-state index is 12.5. The Bertz CT molecular complexity index is 963. The molecule has 0 saturated heterocycles. The molecule has 0 atom stereocenters. The lowest BCUT2D eigenvalue weighted by molar-refractivity contribution is -0.111. The highest BCUT2D eigenvalue weighted by Crippen LogP contribution is 2.39. The summed E-state index contributed by atoms with van der Waals surface area (Å²) >= 11 is 1.46. The molecule has 3 rings (SSSR count). The highest BCUT2D eigenvalue weighted by atomic mass is 32.1. The Morgan fingerprint density at radius 3 is 2.74 bits per heavy atom. The molecule has 0 fully saturated rings. The van der Waals surface area contributed by atoms with E-state index in [4.69, 9.17) is 14.2 Å². The lowest BCUT2D eigenvalue weighted by Gasteiger charge is -2.12. The van der Waals surface area contributed by atoms with Gasteiger partial charge in [-0.15, -0.1) is 11.3 Å². The predicted molar refractivity (Wildman–Crippen MR) is 123 cm³/mol. The molecule has 7 heteroatoms. The van der Waals surface area contributed by atoms with Crippen molar-refractivity contribution in [1.82, 2.24) is 0 Å². The first kappa shape index (κ1) is 22.9. The minimum absolute atomic E-state index is 0.300. The summed E-state index contributed by atoms with van der Waals surface area (Å²) in [6, 6.07) is 5.60. The van der Waals surface area contributed by atoms with E-state index in [0.29, 0.717) is 35.3 Å². The van der Waals surface area contributed by atoms with Crippen molar-refractivity contribution in [2.45, 2.75) is 46.0 Å². The van der Waals surface area contributed by atoms with Crippen LogP contribution >= 0.6 is 11.3 Å². The van der Waals surface area contributed by atoms with E-state index < -0.39 is 5.97 Å². The number of unbranched alkanes of at least 4 members (excludes halogenated alkanes) is 1. The predicted octanol–water partition coefficient (Wildman–Crippen LogP) is 5.25. The number of hydrogen-bond donors (Lipinski definition) is 1. The van der Waals surface area contributed by atoms with Crippen LogP contribution in [-0.4, -0.2) is 32.2 Å². The van der Waals surface area contributed by atoms with E-state index in [1.54, 1.807) is 6.08 Å². The van der Waals surface area contributed by atoms with Crippen molar-refractivity contribution in [3.05, 3.63) is 45.8 Å². The zero-order chi connectivity index (χ0) is 22.2. The number of carbonyl (C=O) groups excluding carboxylic acids is 2. The number of benzene rings is 1. The largest absolute Gasteiger partial charge is 0.490 e. The highest BCUT2D eigenvalue weighted by molar-refractivity contribution is 7.17. The maximum atomic E-state index is 12.5. The van der Waals surface area contributed by atoms with Gasteiger partial charge in [0.15, 0.2) is 11.5 Å². The van der Waals surface area contributed by atoms with Gasteiger partial charge in [-0.1, -0.05) is 19.4 Å². The summed E-state index contributed by atoms with van der Waals surface area (Å²) in [7, 11) is 1.36. The van der Waals surface area contributed by atoms with Crippen LogP contribution in [0.3, 0.4) is 0 Å². The molecule has 31 heavy (non-hydrogen) atoms. The summed E-state index contributed by atoms with van der Waals surface area (Å²) in [6.45, 7) is 5.20. The molecule has 0 radical (unpaired) electrons. The highest BCUT2D eigenvalue weighted by Gasteiger charge is 2.27. The summed E-state index contributed by atoms with van der Waals surface area (Å²) < 4.78 is 16.4. The van der Waals surface area contributed by atoms with E-state index in [1.165, 1.54) is 24.5 Å². The smallest absolute Gasteiger partial charge is 0.341 e. The fourth-order valence-corrected chi connectivity index (χ4v) is 4.76. The van der Waals surface area contributed by atoms with Crippen LogP contribution in [0.5, 0.6) is 11.5 Å². The molecule has 1 aliphatic rings. The fraction of sp³-hybridized carbons (Fsp3) is 0.417. The van der Waals surface area contributed by atoms with Crippen LogP contribution in [0.15, 0.2) is 24.3 Å². The molecular weight excluding hydrogens is 414 g/mol. The van der Waals surface area contributed by atoms with E-state index in [9.17, 15) is 9.59 Å². The molecule has 1 amide bonds. The van der Waals surface area contributed by atoms with Gasteiger partial charge in [0, 0.05) is 11.0 Å². The Morgan fingerprint density at radius 1 is 1.16 bits per heavy atom. The number of carbonyl (C=O) groups is 2. The lowest BCUT2D eigenvalue weighted by Crippen LogP contribution is -2.12. The second-order valence-electron chi connectivity index (χ2n) is 7.22. The number of ether oxygens (including phenoxy) is 3. The molecule has 1 aliphatic carbocycles. The first-order valence-electron chi connectivity index (χ1n) is 10.7. The van der Waals surface area contributed by atoms with Crippen molar-refractivity contribution in [2.75, 3.05) is 25.6 Å². The fourth-order valence-electron chi connectivity index (χ4n) is 3.48. The van der Waals surface area contributed by atoms with Gasteiger partial charge in [-0.05, 0) is 61.9 Å². The van der Waals surface area contributed by atoms with Crippen molar-refractivity contribution in [3.63, 3.8) is 0 Å². The van der Waals surface area contributed by atoms with Gasteiger partial charge in [-0.25, -0.2) is 4.79 Å². The average molecular weight is 444 g/mol. The van der Waals surface area contributed by atoms with Crippen molar-refractivity contribution >= 4 is 34.3 Å². The third-order valence-corrected chi connectivity index (χ3v) is 6.21. The second-order valence-corrected chi connectivity index (χ2v) is 8.32. The molecule has 0 saturated carbocycles. The molecule has 1 N–H and O–H groups in total. The third kappa shape index (κ3) is 5.67. The Kier molecular flexibility index (Phi) is 8.12. The molecule has 0 bridgehead atoms. The first-order chi connectivity index (χ1) is 15.1. The summed E-state index contributed by atoms with van der Waals surface area (Å²) in [5.74, 6) is 0.654. The number of anilines is 1. The Balaban J connectivity index is 1.72. The lowest BCUT2D eigenvalue weighted by atomic mass is 10.1. The van der Waals surface area contributed by atoms with E-state index in [2.05, 4.69) is 12.2 Å². The van der Waals surface area contributed by atoms with Gasteiger partial charge in [0.1, 0.15) is 5.00 Å². The minimum atomic E-state index is -0.404. The van der Waals surface area contributed by atoms with E-state index in [0.717, 1.165) is 48.1 Å². The standard InChI is InChI=1S/C24H29NO5S/c1-4-6-14-30-18-12-10-16(15-19(18)29-5-2)11-13-21(26)25-23-22(24(27)28-3)17-8-7-9-20(17)31-23/h10-13,15H,4-9,14H2,1-3H3,(H,25,26)/b13-11+. The molecule has 0 aliphatic heterocycles.